The SMILES string of the molecule is CCc1cc(N2C(=S)N(c3ccc(C#N)c(C(F)(F)F)c3)C(=O)C2(C)C)ccc1OCCN1C[C@@H](C)N(C(OC(=O)C(F)(F)F)C(=O)Nc2cc(Cl)cc(NC3CCC(=O)NC3=O)c2)C[C@H]1C. The zero-order chi connectivity index (χ0) is 49.3. The average Bonchev–Trinajstić information content (AvgIpc) is 3.42. The van der Waals surface area contributed by atoms with E-state index in [-0.39, 0.29) is 59.7 Å². The molecule has 3 aromatic rings. The fourth-order valence-corrected chi connectivity index (χ4v) is 8.90. The van der Waals surface area contributed by atoms with Gasteiger partial charge in [0.2, 0.25) is 18.0 Å². The predicted octanol–water partition coefficient (Wildman–Crippen LogP) is 6.77. The minimum atomic E-state index is -5.41. The second-order valence-electron chi connectivity index (χ2n) is 16.7. The van der Waals surface area contributed by atoms with E-state index in [1.807, 2.05) is 11.8 Å². The van der Waals surface area contributed by atoms with E-state index in [1.165, 1.54) is 40.1 Å². The van der Waals surface area contributed by atoms with Crippen molar-refractivity contribution in [1.82, 2.24) is 15.1 Å². The fourth-order valence-electron chi connectivity index (χ4n) is 8.14. The molecule has 0 aromatic heterocycles. The van der Waals surface area contributed by atoms with Gasteiger partial charge in [-0.05, 0) is 113 Å². The summed E-state index contributed by atoms with van der Waals surface area (Å²) < 4.78 is 93.2. The van der Waals surface area contributed by atoms with Crippen molar-refractivity contribution in [3.63, 3.8) is 0 Å². The van der Waals surface area contributed by atoms with Gasteiger partial charge in [-0.25, -0.2) is 4.79 Å². The van der Waals surface area contributed by atoms with Crippen LogP contribution in [0.4, 0.5) is 49.1 Å². The molecule has 0 spiro atoms. The van der Waals surface area contributed by atoms with Gasteiger partial charge in [0.25, 0.3) is 11.8 Å². The van der Waals surface area contributed by atoms with Crippen LogP contribution in [0.2, 0.25) is 5.02 Å². The van der Waals surface area contributed by atoms with Crippen LogP contribution in [0.3, 0.4) is 0 Å². The quantitative estimate of drug-likeness (QED) is 0.0709. The van der Waals surface area contributed by atoms with E-state index in [1.54, 1.807) is 45.9 Å². The molecule has 67 heavy (non-hydrogen) atoms. The number of hydrogen-bond acceptors (Lipinski definition) is 12. The highest BCUT2D eigenvalue weighted by atomic mass is 35.5. The summed E-state index contributed by atoms with van der Waals surface area (Å²) in [5.74, 6) is -4.77. The van der Waals surface area contributed by atoms with Crippen LogP contribution in [-0.4, -0.2) is 107 Å². The summed E-state index contributed by atoms with van der Waals surface area (Å²) in [5.41, 5.74) is -1.81. The molecule has 2 unspecified atom stereocenters. The van der Waals surface area contributed by atoms with Gasteiger partial charge in [-0.3, -0.25) is 39.2 Å². The van der Waals surface area contributed by atoms with Gasteiger partial charge < -0.3 is 25.0 Å². The molecule has 0 bridgehead atoms. The van der Waals surface area contributed by atoms with Crippen molar-refractivity contribution in [3.05, 3.63) is 76.3 Å². The normalized spacial score (nSPS) is 20.9. The first-order valence-electron chi connectivity index (χ1n) is 20.9. The summed E-state index contributed by atoms with van der Waals surface area (Å²) in [6.45, 7) is 9.14. The number of piperidine rings is 1. The number of piperazine rings is 1. The van der Waals surface area contributed by atoms with Crippen molar-refractivity contribution in [2.75, 3.05) is 46.7 Å². The number of aryl methyl sites for hydroxylation is 1. The van der Waals surface area contributed by atoms with E-state index in [2.05, 4.69) is 16.0 Å². The molecule has 358 valence electrons. The Balaban J connectivity index is 1.12. The van der Waals surface area contributed by atoms with Crippen LogP contribution >= 0.6 is 23.8 Å². The number of benzene rings is 3. The molecule has 4 atom stereocenters. The highest BCUT2D eigenvalue weighted by Crippen LogP contribution is 2.41. The number of ether oxygens (including phenoxy) is 2. The summed E-state index contributed by atoms with van der Waals surface area (Å²) >= 11 is 12.0. The molecule has 0 aliphatic carbocycles. The first-order valence-corrected chi connectivity index (χ1v) is 21.7. The molecule has 4 amide bonds. The second-order valence-corrected chi connectivity index (χ2v) is 17.5. The molecule has 3 fully saturated rings. The molecule has 15 nitrogen and oxygen atoms in total. The van der Waals surface area contributed by atoms with Crippen LogP contribution in [0.1, 0.15) is 64.2 Å². The number of carbonyl (C=O) groups is 5. The molecule has 3 saturated heterocycles. The number of esters is 1. The molecule has 3 aromatic carbocycles. The number of nitriles is 1. The minimum absolute atomic E-state index is 0.0155. The number of hydrogen-bond donors (Lipinski definition) is 3. The van der Waals surface area contributed by atoms with Crippen LogP contribution < -0.4 is 30.5 Å². The average molecular weight is 979 g/mol. The Morgan fingerprint density at radius 1 is 0.985 bits per heavy atom. The maximum absolute atomic E-state index is 13.8. The number of anilines is 4. The van der Waals surface area contributed by atoms with E-state index >= 15 is 0 Å². The van der Waals surface area contributed by atoms with Crippen LogP contribution in [0, 0.1) is 11.3 Å². The Bertz CT molecular complexity index is 2520. The number of amides is 4. The Morgan fingerprint density at radius 2 is 1.67 bits per heavy atom. The summed E-state index contributed by atoms with van der Waals surface area (Å²) in [7, 11) is 0. The molecule has 3 heterocycles. The fraction of sp³-hybridized carbons (Fsp3) is 0.432. The number of alkyl halides is 6. The lowest BCUT2D eigenvalue weighted by molar-refractivity contribution is -0.215. The summed E-state index contributed by atoms with van der Waals surface area (Å²) in [6.07, 6.45) is -11.6. The zero-order valence-electron chi connectivity index (χ0n) is 36.6. The third kappa shape index (κ3) is 11.1. The Morgan fingerprint density at radius 3 is 2.31 bits per heavy atom. The number of imide groups is 1. The van der Waals surface area contributed by atoms with Crippen LogP contribution in [0.15, 0.2) is 54.6 Å². The Hall–Kier alpha value is -6.02. The monoisotopic (exact) mass is 978 g/mol. The molecular weight excluding hydrogens is 934 g/mol. The van der Waals surface area contributed by atoms with E-state index in [4.69, 9.17) is 33.3 Å². The Labute approximate surface area is 391 Å². The lowest BCUT2D eigenvalue weighted by Gasteiger charge is -2.46. The van der Waals surface area contributed by atoms with E-state index in [0.29, 0.717) is 30.0 Å². The van der Waals surface area contributed by atoms with Crippen molar-refractivity contribution in [2.24, 2.45) is 0 Å². The lowest BCUT2D eigenvalue weighted by Crippen LogP contribution is -2.63. The van der Waals surface area contributed by atoms with Gasteiger partial charge in [-0.2, -0.15) is 31.6 Å². The second kappa shape index (κ2) is 19.7. The van der Waals surface area contributed by atoms with Crippen LogP contribution in [0.5, 0.6) is 5.75 Å². The van der Waals surface area contributed by atoms with Gasteiger partial charge in [-0.15, -0.1) is 0 Å². The lowest BCUT2D eigenvalue weighted by atomic mass is 10.0. The predicted molar refractivity (Wildman–Crippen MR) is 237 cm³/mol. The van der Waals surface area contributed by atoms with Gasteiger partial charge >= 0.3 is 18.3 Å². The Kier molecular flexibility index (Phi) is 14.8. The molecule has 3 aliphatic heterocycles. The molecule has 0 radical (unpaired) electrons. The number of carbonyl (C=O) groups excluding carboxylic acids is 5. The first kappa shape index (κ1) is 50.4. The maximum atomic E-state index is 13.8. The largest absolute Gasteiger partial charge is 0.492 e. The highest BCUT2D eigenvalue weighted by molar-refractivity contribution is 7.81. The van der Waals surface area contributed by atoms with Gasteiger partial charge in [0.05, 0.1) is 22.9 Å². The minimum Gasteiger partial charge on any atom is -0.492 e. The number of thiocarbonyl (C=S) groups is 1. The van der Waals surface area contributed by atoms with Gasteiger partial charge in [0.15, 0.2) is 5.11 Å². The summed E-state index contributed by atoms with van der Waals surface area (Å²) in [5, 5.41) is 16.9. The van der Waals surface area contributed by atoms with Crippen molar-refractivity contribution >= 4 is 81.3 Å². The molecule has 23 heteroatoms. The van der Waals surface area contributed by atoms with Gasteiger partial charge in [0, 0.05) is 60.2 Å². The number of nitrogens with zero attached hydrogens (tertiary/aromatic N) is 5. The molecule has 6 rings (SSSR count). The van der Waals surface area contributed by atoms with Crippen LogP contribution in [-0.2, 0) is 41.3 Å². The van der Waals surface area contributed by atoms with Crippen molar-refractivity contribution < 1.29 is 59.8 Å². The van der Waals surface area contributed by atoms with Crippen molar-refractivity contribution in [2.45, 2.75) is 96.1 Å². The van der Waals surface area contributed by atoms with E-state index in [0.717, 1.165) is 17.0 Å². The summed E-state index contributed by atoms with van der Waals surface area (Å²) in [6, 6.07) is 11.9. The smallest absolute Gasteiger partial charge is 0.490 e. The number of halogens is 7. The van der Waals surface area contributed by atoms with Crippen molar-refractivity contribution in [1.29, 1.82) is 5.26 Å². The van der Waals surface area contributed by atoms with Crippen LogP contribution in [0.25, 0.3) is 0 Å². The topological polar surface area (TPSA) is 177 Å². The van der Waals surface area contributed by atoms with E-state index in [9.17, 15) is 55.6 Å². The van der Waals surface area contributed by atoms with Crippen molar-refractivity contribution in [3.8, 4) is 11.8 Å². The third-order valence-corrected chi connectivity index (χ3v) is 12.1. The maximum Gasteiger partial charge on any atom is 0.490 e. The first-order chi connectivity index (χ1) is 31.3. The third-order valence-electron chi connectivity index (χ3n) is 11.6. The molecule has 3 aliphatic rings. The zero-order valence-corrected chi connectivity index (χ0v) is 38.2. The van der Waals surface area contributed by atoms with Gasteiger partial charge in [-0.1, -0.05) is 18.5 Å². The van der Waals surface area contributed by atoms with Gasteiger partial charge in [0.1, 0.15) is 23.9 Å². The molecule has 3 N–H and O–H groups in total. The number of nitrogens with one attached hydrogen (secondary N) is 3. The standard InChI is InChI=1S/C44H45ClF6N8O7S/c1-6-25-15-31(59-41(67)58(39(63)42(59,4)5)30-8-7-26(20-52)32(19-30)43(46,47)48)9-11-34(25)65-14-13-56-21-24(3)57(22-23(56)2)38(66-40(64)44(49,50)51)37(62)54-29-17-27(45)16-28(18-29)53-33-10-12-35(60)55-36(33)61/h7-9,11,15-19,23-24,33,38,53H,6,10,12-14,21-22H2,1-5H3,(H,54,62)(H,55,60,61)/t23-,24-,33?,38?/m1/s1. The molecular formula is C44H45ClF6N8O7S. The summed E-state index contributed by atoms with van der Waals surface area (Å²) in [4.78, 5) is 69.5. The molecule has 0 saturated carbocycles. The highest BCUT2D eigenvalue weighted by Gasteiger charge is 2.51. The number of rotatable bonds is 13. The van der Waals surface area contributed by atoms with E-state index < -0.39 is 83.0 Å².